The molecular formula is C13H27N3O2. The Kier molecular flexibility index (Phi) is 5.41. The van der Waals surface area contributed by atoms with Gasteiger partial charge in [-0.05, 0) is 59.2 Å². The van der Waals surface area contributed by atoms with Crippen LogP contribution in [0.1, 0.15) is 27.2 Å². The Bertz CT molecular complexity index is 276. The summed E-state index contributed by atoms with van der Waals surface area (Å²) >= 11 is 0. The third-order valence-corrected chi connectivity index (χ3v) is 3.30. The summed E-state index contributed by atoms with van der Waals surface area (Å²) in [5, 5.41) is 2.85. The van der Waals surface area contributed by atoms with E-state index in [1.165, 1.54) is 0 Å². The first-order chi connectivity index (χ1) is 8.31. The summed E-state index contributed by atoms with van der Waals surface area (Å²) in [6.45, 7) is 9.00. The predicted octanol–water partition coefficient (Wildman–Crippen LogP) is 1.04. The van der Waals surface area contributed by atoms with Crippen LogP contribution in [0.3, 0.4) is 0 Å². The number of nitrogens with two attached hydrogens (primary N) is 1. The van der Waals surface area contributed by atoms with E-state index in [4.69, 9.17) is 10.5 Å². The molecule has 1 aliphatic heterocycles. The van der Waals surface area contributed by atoms with Crippen LogP contribution in [0.4, 0.5) is 4.79 Å². The number of amides is 1. The van der Waals surface area contributed by atoms with E-state index in [1.807, 2.05) is 20.8 Å². The Morgan fingerprint density at radius 1 is 1.44 bits per heavy atom. The first-order valence-electron chi connectivity index (χ1n) is 6.67. The van der Waals surface area contributed by atoms with Crippen molar-refractivity contribution >= 4 is 6.09 Å². The Morgan fingerprint density at radius 2 is 2.11 bits per heavy atom. The van der Waals surface area contributed by atoms with Gasteiger partial charge in [0, 0.05) is 13.1 Å². The van der Waals surface area contributed by atoms with Gasteiger partial charge in [-0.1, -0.05) is 0 Å². The summed E-state index contributed by atoms with van der Waals surface area (Å²) in [4.78, 5) is 13.9. The van der Waals surface area contributed by atoms with E-state index in [2.05, 4.69) is 17.3 Å². The van der Waals surface area contributed by atoms with Gasteiger partial charge in [-0.15, -0.1) is 0 Å². The van der Waals surface area contributed by atoms with E-state index in [-0.39, 0.29) is 6.09 Å². The minimum Gasteiger partial charge on any atom is -0.444 e. The second-order valence-corrected chi connectivity index (χ2v) is 6.19. The Labute approximate surface area is 110 Å². The standard InChI is InChI=1S/C13H27N3O2/c1-13(2,3)18-12(17)15-8-10-5-6-16(4)9-11(10)7-14/h10-11H,5-9,14H2,1-4H3,(H,15,17). The number of hydrogen-bond donors (Lipinski definition) is 2. The molecule has 1 heterocycles. The number of nitrogens with one attached hydrogen (secondary N) is 1. The average Bonchev–Trinajstić information content (AvgIpc) is 2.24. The summed E-state index contributed by atoms with van der Waals surface area (Å²) < 4.78 is 5.23. The van der Waals surface area contributed by atoms with Crippen LogP contribution in [0.5, 0.6) is 0 Å². The van der Waals surface area contributed by atoms with Gasteiger partial charge in [-0.25, -0.2) is 4.79 Å². The van der Waals surface area contributed by atoms with Crippen LogP contribution in [0.15, 0.2) is 0 Å². The van der Waals surface area contributed by atoms with Crippen LogP contribution in [0, 0.1) is 11.8 Å². The topological polar surface area (TPSA) is 67.6 Å². The van der Waals surface area contributed by atoms with Crippen molar-refractivity contribution in [2.45, 2.75) is 32.8 Å². The molecule has 0 bridgehead atoms. The van der Waals surface area contributed by atoms with Gasteiger partial charge in [0.15, 0.2) is 0 Å². The van der Waals surface area contributed by atoms with Crippen molar-refractivity contribution in [3.8, 4) is 0 Å². The summed E-state index contributed by atoms with van der Waals surface area (Å²) in [5.74, 6) is 0.914. The maximum Gasteiger partial charge on any atom is 0.407 e. The summed E-state index contributed by atoms with van der Waals surface area (Å²) in [5.41, 5.74) is 5.35. The smallest absolute Gasteiger partial charge is 0.407 e. The van der Waals surface area contributed by atoms with Crippen LogP contribution in [-0.2, 0) is 4.74 Å². The lowest BCUT2D eigenvalue weighted by molar-refractivity contribution is 0.0497. The van der Waals surface area contributed by atoms with Crippen LogP contribution in [0.2, 0.25) is 0 Å². The number of carbonyl (C=O) groups is 1. The molecule has 2 atom stereocenters. The molecule has 1 saturated heterocycles. The highest BCUT2D eigenvalue weighted by molar-refractivity contribution is 5.67. The van der Waals surface area contributed by atoms with Crippen molar-refractivity contribution in [1.29, 1.82) is 0 Å². The molecule has 0 saturated carbocycles. The van der Waals surface area contributed by atoms with Crippen molar-refractivity contribution in [2.24, 2.45) is 17.6 Å². The third-order valence-electron chi connectivity index (χ3n) is 3.30. The maximum absolute atomic E-state index is 11.6. The summed E-state index contributed by atoms with van der Waals surface area (Å²) in [6.07, 6.45) is 0.742. The lowest BCUT2D eigenvalue weighted by Crippen LogP contribution is -2.46. The zero-order valence-electron chi connectivity index (χ0n) is 12.0. The largest absolute Gasteiger partial charge is 0.444 e. The van der Waals surface area contributed by atoms with Gasteiger partial charge in [0.2, 0.25) is 0 Å². The second kappa shape index (κ2) is 6.38. The molecule has 2 unspecified atom stereocenters. The molecule has 0 aromatic rings. The molecule has 0 spiro atoms. The number of ether oxygens (including phenoxy) is 1. The molecule has 1 fully saturated rings. The average molecular weight is 257 g/mol. The monoisotopic (exact) mass is 257 g/mol. The van der Waals surface area contributed by atoms with Gasteiger partial charge in [0.05, 0.1) is 0 Å². The van der Waals surface area contributed by atoms with Crippen LogP contribution in [-0.4, -0.2) is 49.8 Å². The van der Waals surface area contributed by atoms with Crippen molar-refractivity contribution in [3.63, 3.8) is 0 Å². The quantitative estimate of drug-likeness (QED) is 0.792. The fraction of sp³-hybridized carbons (Fsp3) is 0.923. The number of carbonyl (C=O) groups excluding carboxylic acids is 1. The molecule has 5 nitrogen and oxygen atoms in total. The number of nitrogens with zero attached hydrogens (tertiary/aromatic N) is 1. The Balaban J connectivity index is 2.35. The molecular weight excluding hydrogens is 230 g/mol. The molecule has 3 N–H and O–H groups in total. The number of alkyl carbamates (subject to hydrolysis) is 1. The number of likely N-dealkylation sites (tertiary alicyclic amines) is 1. The molecule has 1 rings (SSSR count). The van der Waals surface area contributed by atoms with E-state index in [9.17, 15) is 4.79 Å². The lowest BCUT2D eigenvalue weighted by Gasteiger charge is -2.36. The van der Waals surface area contributed by atoms with Crippen molar-refractivity contribution < 1.29 is 9.53 Å². The highest BCUT2D eigenvalue weighted by atomic mass is 16.6. The molecule has 0 radical (unpaired) electrons. The Hall–Kier alpha value is -0.810. The van der Waals surface area contributed by atoms with E-state index < -0.39 is 5.60 Å². The molecule has 0 aromatic carbocycles. The predicted molar refractivity (Wildman–Crippen MR) is 72.4 cm³/mol. The van der Waals surface area contributed by atoms with E-state index >= 15 is 0 Å². The number of hydrogen-bond acceptors (Lipinski definition) is 4. The third kappa shape index (κ3) is 5.23. The molecule has 1 aliphatic rings. The number of rotatable bonds is 3. The van der Waals surface area contributed by atoms with E-state index in [0.717, 1.165) is 19.5 Å². The van der Waals surface area contributed by atoms with Gasteiger partial charge < -0.3 is 20.7 Å². The minimum absolute atomic E-state index is 0.336. The van der Waals surface area contributed by atoms with Gasteiger partial charge in [-0.2, -0.15) is 0 Å². The first-order valence-corrected chi connectivity index (χ1v) is 6.67. The van der Waals surface area contributed by atoms with Crippen LogP contribution in [0.25, 0.3) is 0 Å². The summed E-state index contributed by atoms with van der Waals surface area (Å²) in [7, 11) is 2.11. The van der Waals surface area contributed by atoms with Gasteiger partial charge in [0.25, 0.3) is 0 Å². The first kappa shape index (κ1) is 15.2. The normalized spacial score (nSPS) is 25.8. The fourth-order valence-corrected chi connectivity index (χ4v) is 2.33. The highest BCUT2D eigenvalue weighted by Gasteiger charge is 2.27. The van der Waals surface area contributed by atoms with Crippen molar-refractivity contribution in [1.82, 2.24) is 10.2 Å². The molecule has 106 valence electrons. The lowest BCUT2D eigenvalue weighted by atomic mass is 9.85. The molecule has 0 aliphatic carbocycles. The van der Waals surface area contributed by atoms with Crippen molar-refractivity contribution in [3.05, 3.63) is 0 Å². The zero-order valence-corrected chi connectivity index (χ0v) is 12.0. The minimum atomic E-state index is -0.440. The molecule has 0 aromatic heterocycles. The second-order valence-electron chi connectivity index (χ2n) is 6.19. The highest BCUT2D eigenvalue weighted by Crippen LogP contribution is 2.21. The molecule has 1 amide bonds. The van der Waals surface area contributed by atoms with E-state index in [0.29, 0.717) is 24.9 Å². The Morgan fingerprint density at radius 3 is 2.67 bits per heavy atom. The zero-order chi connectivity index (χ0) is 13.8. The van der Waals surface area contributed by atoms with Crippen LogP contribution < -0.4 is 11.1 Å². The summed E-state index contributed by atoms with van der Waals surface area (Å²) in [6, 6.07) is 0. The molecule has 5 heteroatoms. The van der Waals surface area contributed by atoms with Gasteiger partial charge in [0.1, 0.15) is 5.60 Å². The number of piperidine rings is 1. The van der Waals surface area contributed by atoms with Crippen molar-refractivity contribution in [2.75, 3.05) is 33.2 Å². The molecule has 18 heavy (non-hydrogen) atoms. The van der Waals surface area contributed by atoms with Crippen LogP contribution >= 0.6 is 0 Å². The maximum atomic E-state index is 11.6. The SMILES string of the molecule is CN1CCC(CNC(=O)OC(C)(C)C)C(CN)C1. The van der Waals surface area contributed by atoms with E-state index in [1.54, 1.807) is 0 Å². The van der Waals surface area contributed by atoms with Gasteiger partial charge >= 0.3 is 6.09 Å². The van der Waals surface area contributed by atoms with Gasteiger partial charge in [-0.3, -0.25) is 0 Å². The fourth-order valence-electron chi connectivity index (χ4n) is 2.33.